The zero-order valence-corrected chi connectivity index (χ0v) is 10.3. The molecule has 0 aliphatic carbocycles. The summed E-state index contributed by atoms with van der Waals surface area (Å²) in [4.78, 5) is 25.1. The number of aryl methyl sites for hydroxylation is 1. The second kappa shape index (κ2) is 5.77. The highest BCUT2D eigenvalue weighted by molar-refractivity contribution is 5.72. The van der Waals surface area contributed by atoms with E-state index >= 15 is 0 Å². The molecule has 0 aliphatic heterocycles. The topological polar surface area (TPSA) is 68.4 Å². The molecule has 106 valence electrons. The molecule has 1 aromatic rings. The van der Waals surface area contributed by atoms with Crippen LogP contribution < -0.4 is 10.2 Å². The lowest BCUT2D eigenvalue weighted by molar-refractivity contribution is -0.276. The van der Waals surface area contributed by atoms with Gasteiger partial charge in [-0.15, -0.1) is 13.2 Å². The molecule has 0 aliphatic rings. The lowest BCUT2D eigenvalue weighted by atomic mass is 10.1. The molecule has 0 bridgehead atoms. The zero-order valence-electron chi connectivity index (χ0n) is 10.3. The van der Waals surface area contributed by atoms with Crippen LogP contribution in [0.4, 0.5) is 13.2 Å². The van der Waals surface area contributed by atoms with Crippen molar-refractivity contribution >= 4 is 5.97 Å². The Morgan fingerprint density at radius 1 is 1.42 bits per heavy atom. The summed E-state index contributed by atoms with van der Waals surface area (Å²) in [6.07, 6.45) is -5.20. The van der Waals surface area contributed by atoms with E-state index in [0.29, 0.717) is 6.07 Å². The van der Waals surface area contributed by atoms with Gasteiger partial charge >= 0.3 is 12.3 Å². The number of hydrogen-bond acceptors (Lipinski definition) is 4. The predicted molar refractivity (Wildman–Crippen MR) is 58.8 cm³/mol. The number of carbonyl (C=O) groups is 1. The van der Waals surface area contributed by atoms with Crippen LogP contribution in [-0.2, 0) is 16.0 Å². The third-order valence-corrected chi connectivity index (χ3v) is 2.18. The fourth-order valence-corrected chi connectivity index (χ4v) is 1.44. The first kappa shape index (κ1) is 15.1. The van der Waals surface area contributed by atoms with Crippen LogP contribution in [0.25, 0.3) is 0 Å². The molecule has 0 saturated carbocycles. The third-order valence-electron chi connectivity index (χ3n) is 2.18. The van der Waals surface area contributed by atoms with Crippen LogP contribution in [0.15, 0.2) is 10.9 Å². The van der Waals surface area contributed by atoms with Crippen LogP contribution in [0.2, 0.25) is 0 Å². The molecular formula is C11H12F3NO4. The second-order valence-corrected chi connectivity index (χ2v) is 3.63. The molecule has 0 unspecified atom stereocenters. The summed E-state index contributed by atoms with van der Waals surface area (Å²) < 4.78 is 44.3. The van der Waals surface area contributed by atoms with Gasteiger partial charge in [-0.05, 0) is 13.8 Å². The normalized spacial score (nSPS) is 11.2. The molecule has 19 heavy (non-hydrogen) atoms. The summed E-state index contributed by atoms with van der Waals surface area (Å²) in [7, 11) is 0. The third kappa shape index (κ3) is 4.65. The van der Waals surface area contributed by atoms with Gasteiger partial charge in [-0.2, -0.15) is 0 Å². The van der Waals surface area contributed by atoms with Gasteiger partial charge < -0.3 is 14.5 Å². The first-order valence-corrected chi connectivity index (χ1v) is 5.37. The number of nitrogens with one attached hydrogen (secondary N) is 1. The van der Waals surface area contributed by atoms with Crippen molar-refractivity contribution in [3.8, 4) is 5.88 Å². The molecule has 1 rings (SSSR count). The average molecular weight is 279 g/mol. The minimum atomic E-state index is -4.89. The number of pyridine rings is 1. The van der Waals surface area contributed by atoms with E-state index in [-0.39, 0.29) is 24.3 Å². The van der Waals surface area contributed by atoms with Gasteiger partial charge in [-0.25, -0.2) is 0 Å². The van der Waals surface area contributed by atoms with Gasteiger partial charge in [0.15, 0.2) is 5.43 Å². The molecule has 0 aromatic carbocycles. The van der Waals surface area contributed by atoms with Gasteiger partial charge in [0.2, 0.25) is 5.88 Å². The van der Waals surface area contributed by atoms with E-state index in [4.69, 9.17) is 0 Å². The van der Waals surface area contributed by atoms with Crippen LogP contribution in [0.1, 0.15) is 18.2 Å². The molecule has 0 spiro atoms. The van der Waals surface area contributed by atoms with Crippen LogP contribution in [0.5, 0.6) is 5.88 Å². The maximum absolute atomic E-state index is 12.0. The number of H-pyrrole nitrogens is 1. The summed E-state index contributed by atoms with van der Waals surface area (Å²) in [6, 6.07) is 0.648. The maximum atomic E-state index is 12.0. The molecule has 1 aromatic heterocycles. The Labute approximate surface area is 106 Å². The maximum Gasteiger partial charge on any atom is 0.574 e. The van der Waals surface area contributed by atoms with E-state index in [0.717, 1.165) is 0 Å². The van der Waals surface area contributed by atoms with Gasteiger partial charge in [0.1, 0.15) is 0 Å². The monoisotopic (exact) mass is 279 g/mol. The Balaban J connectivity index is 2.98. The lowest BCUT2D eigenvalue weighted by Gasteiger charge is -2.11. The highest BCUT2D eigenvalue weighted by Crippen LogP contribution is 2.20. The van der Waals surface area contributed by atoms with Crippen molar-refractivity contribution in [1.82, 2.24) is 4.98 Å². The van der Waals surface area contributed by atoms with E-state index in [1.807, 2.05) is 0 Å². The molecule has 5 nitrogen and oxygen atoms in total. The first-order valence-electron chi connectivity index (χ1n) is 5.37. The molecule has 0 radical (unpaired) electrons. The lowest BCUT2D eigenvalue weighted by Crippen LogP contribution is -2.22. The molecule has 0 fully saturated rings. The number of aromatic amines is 1. The van der Waals surface area contributed by atoms with Crippen molar-refractivity contribution in [2.45, 2.75) is 26.6 Å². The van der Waals surface area contributed by atoms with Crippen molar-refractivity contribution in [3.05, 3.63) is 27.5 Å². The van der Waals surface area contributed by atoms with Crippen molar-refractivity contribution < 1.29 is 27.4 Å². The minimum absolute atomic E-state index is 0.0491. The summed E-state index contributed by atoms with van der Waals surface area (Å²) in [6.45, 7) is 3.14. The summed E-state index contributed by atoms with van der Waals surface area (Å²) in [5, 5.41) is 0. The highest BCUT2D eigenvalue weighted by Gasteiger charge is 2.32. The Hall–Kier alpha value is -1.99. The molecule has 0 atom stereocenters. The van der Waals surface area contributed by atoms with Gasteiger partial charge in [-0.3, -0.25) is 9.59 Å². The van der Waals surface area contributed by atoms with Gasteiger partial charge in [0, 0.05) is 17.3 Å². The molecular weight excluding hydrogens is 267 g/mol. The largest absolute Gasteiger partial charge is 0.574 e. The van der Waals surface area contributed by atoms with Crippen molar-refractivity contribution in [1.29, 1.82) is 0 Å². The van der Waals surface area contributed by atoms with Crippen LogP contribution in [0.3, 0.4) is 0 Å². The average Bonchev–Trinajstić information content (AvgIpc) is 2.21. The van der Waals surface area contributed by atoms with Gasteiger partial charge in [0.05, 0.1) is 13.0 Å². The van der Waals surface area contributed by atoms with E-state index in [2.05, 4.69) is 14.5 Å². The highest BCUT2D eigenvalue weighted by atomic mass is 19.4. The molecule has 1 N–H and O–H groups in total. The Bertz CT molecular complexity index is 522. The Morgan fingerprint density at radius 2 is 2.05 bits per heavy atom. The second-order valence-electron chi connectivity index (χ2n) is 3.63. The quantitative estimate of drug-likeness (QED) is 0.851. The summed E-state index contributed by atoms with van der Waals surface area (Å²) in [5.74, 6) is -1.34. The number of carbonyl (C=O) groups excluding carboxylic acids is 1. The summed E-state index contributed by atoms with van der Waals surface area (Å²) in [5.41, 5.74) is -0.545. The van der Waals surface area contributed by atoms with Crippen molar-refractivity contribution in [2.24, 2.45) is 0 Å². The number of ether oxygens (including phenoxy) is 2. The predicted octanol–water partition coefficient (Wildman–Crippen LogP) is 1.69. The number of rotatable bonds is 4. The standard InChI is InChI=1S/C11H12F3NO4/c1-3-18-10(17)4-7-6(2)15-9(5-8(7)16)19-11(12,13)14/h5H,3-4H2,1-2H3,(H,15,16). The molecule has 1 heterocycles. The number of halogens is 3. The Morgan fingerprint density at radius 3 is 2.53 bits per heavy atom. The van der Waals surface area contributed by atoms with Crippen LogP contribution in [0, 0.1) is 6.92 Å². The molecule has 0 amide bonds. The number of esters is 1. The number of alkyl halides is 3. The number of hydrogen-bond donors (Lipinski definition) is 1. The van der Waals surface area contributed by atoms with Crippen LogP contribution >= 0.6 is 0 Å². The minimum Gasteiger partial charge on any atom is -0.466 e. The Kier molecular flexibility index (Phi) is 4.57. The zero-order chi connectivity index (χ0) is 14.6. The fraction of sp³-hybridized carbons (Fsp3) is 0.455. The van der Waals surface area contributed by atoms with E-state index in [9.17, 15) is 22.8 Å². The van der Waals surface area contributed by atoms with E-state index in [1.54, 1.807) is 6.92 Å². The fourth-order valence-electron chi connectivity index (χ4n) is 1.44. The summed E-state index contributed by atoms with van der Waals surface area (Å²) >= 11 is 0. The number of aromatic nitrogens is 1. The molecule has 0 saturated heterocycles. The van der Waals surface area contributed by atoms with Gasteiger partial charge in [0.25, 0.3) is 0 Å². The van der Waals surface area contributed by atoms with E-state index in [1.165, 1.54) is 6.92 Å². The smallest absolute Gasteiger partial charge is 0.466 e. The van der Waals surface area contributed by atoms with Gasteiger partial charge in [-0.1, -0.05) is 0 Å². The first-order chi connectivity index (χ1) is 8.73. The van der Waals surface area contributed by atoms with Crippen molar-refractivity contribution in [3.63, 3.8) is 0 Å². The molecule has 8 heteroatoms. The van der Waals surface area contributed by atoms with Crippen molar-refractivity contribution in [2.75, 3.05) is 6.61 Å². The SMILES string of the molecule is CCOC(=O)Cc1c(C)[nH]c(OC(F)(F)F)cc1=O. The van der Waals surface area contributed by atoms with Crippen LogP contribution in [-0.4, -0.2) is 23.9 Å². The van der Waals surface area contributed by atoms with E-state index < -0.39 is 23.6 Å².